The Balaban J connectivity index is 6.14. The van der Waals surface area contributed by atoms with Crippen LogP contribution in [0, 0.1) is 39.3 Å². The van der Waals surface area contributed by atoms with Crippen LogP contribution in [0.3, 0.4) is 0 Å². The van der Waals surface area contributed by atoms with Crippen LogP contribution in [0.2, 0.25) is 0 Å². The zero-order valence-electron chi connectivity index (χ0n) is 70.2. The topological polar surface area (TPSA) is 1030 Å². The lowest BCUT2D eigenvalue weighted by Crippen LogP contribution is -2.54. The van der Waals surface area contributed by atoms with Gasteiger partial charge in [-0.3, -0.25) is 76.7 Å². The zero-order valence-corrected chi connectivity index (χ0v) is 76.8. The molecule has 0 aliphatic heterocycles. The van der Waals surface area contributed by atoms with E-state index in [2.05, 4.69) is 73.9 Å². The molecule has 0 aliphatic carbocycles. The van der Waals surface area contributed by atoms with Crippen molar-refractivity contribution in [2.45, 2.75) is 199 Å². The van der Waals surface area contributed by atoms with Crippen LogP contribution in [-0.2, 0) is 115 Å². The van der Waals surface area contributed by atoms with Crippen LogP contribution >= 0.6 is 95.6 Å². The Bertz CT molecular complexity index is 4290. The number of rotatable bonds is 79. The standard InChI is InChI=1S/C64H90N24O41S8/c65-25(56(104)105)1-9-41(89)66-33(17-130-81-122)49(97)74-26(57(106)107)2-10-42(90)67-34(18-131-82-123)50(98)75-27(58(108)109)3-11-43(91)68-35(19-132-83-124)51(99)76-28(59(110)111)4-12-44(92)69-36(20-133-84-125)52(100)77-29(60(112)113)5-13-45(93)70-37(21-134-85-126)53(101)78-30(61(114)115)6-14-46(94)71-38(22-135-86-127)54(102)79-31(62(116)117)7-15-47(95)72-39(23-136-87-128)55(103)80-32(63(118)119)8-16-48(96)73-40(64(120)121)24-137-88-129/h25-40H,1-24,65H2,(H,66,89)(H,67,90)(H,68,91)(H,69,92)(H,70,93)(H,71,94)(H,72,95)(H,73,96)(H,74,97)(H,75,98)(H,76,99)(H,77,100)(H,78,101)(H,79,102)(H,80,103)(H,104,105)(H,106,107)(H,108,109)(H,110,111)(H,112,113)(H,114,115)(H,116,117)(H,118,119)(H,120,121)/t25-,26-,27-,28-,29-,30-,31-,32-,33-,34-,35-,36-,37-,38-,39-,40-/m0/s1. The molecule has 0 aromatic heterocycles. The van der Waals surface area contributed by atoms with E-state index in [0.717, 1.165) is 0 Å². The van der Waals surface area contributed by atoms with E-state index in [4.69, 9.17) is 10.8 Å². The van der Waals surface area contributed by atoms with Gasteiger partial charge in [0.2, 0.25) is 88.6 Å². The quantitative estimate of drug-likeness (QED) is 0.0199. The lowest BCUT2D eigenvalue weighted by Gasteiger charge is -2.23. The van der Waals surface area contributed by atoms with Gasteiger partial charge in [-0.25, -0.2) is 38.4 Å². The highest BCUT2D eigenvalue weighted by Crippen LogP contribution is 2.17. The average molecular weight is 2110 g/mol. The van der Waals surface area contributed by atoms with Crippen molar-refractivity contribution in [2.24, 2.45) is 42.4 Å². The predicted octanol–water partition coefficient (Wildman–Crippen LogP) is -6.09. The number of carboxylic acids is 9. The number of carbonyl (C=O) groups excluding carboxylic acids is 15. The molecular weight excluding hydrogens is 2020 g/mol. The minimum atomic E-state index is -2.10. The minimum Gasteiger partial charge on any atom is -0.480 e. The van der Waals surface area contributed by atoms with Crippen molar-refractivity contribution in [1.82, 2.24) is 79.8 Å². The molecule has 73 heteroatoms. The van der Waals surface area contributed by atoms with Crippen molar-refractivity contribution >= 4 is 238 Å². The van der Waals surface area contributed by atoms with Gasteiger partial charge in [-0.1, -0.05) is 0 Å². The summed E-state index contributed by atoms with van der Waals surface area (Å²) >= 11 is 1.11. The fourth-order valence-corrected chi connectivity index (χ4v) is 14.0. The summed E-state index contributed by atoms with van der Waals surface area (Å²) in [6, 6.07) is -30.2. The van der Waals surface area contributed by atoms with Crippen LogP contribution in [0.1, 0.15) is 103 Å². The van der Waals surface area contributed by atoms with Crippen LogP contribution in [0.4, 0.5) is 0 Å². The fourth-order valence-electron chi connectivity index (χ4n) is 10.5. The maximum atomic E-state index is 13.6. The smallest absolute Gasteiger partial charge is 0.327 e. The first-order valence-electron chi connectivity index (χ1n) is 38.5. The first kappa shape index (κ1) is 124. The van der Waals surface area contributed by atoms with Gasteiger partial charge >= 0.3 is 53.7 Å². The van der Waals surface area contributed by atoms with Gasteiger partial charge in [-0.2, -0.15) is 0 Å². The first-order valence-corrected chi connectivity index (χ1v) is 46.1. The molecule has 137 heavy (non-hydrogen) atoms. The molecule has 0 heterocycles. The highest BCUT2D eigenvalue weighted by molar-refractivity contribution is 7.99. The fraction of sp³-hybridized carbons (Fsp3) is 0.625. The van der Waals surface area contributed by atoms with Crippen molar-refractivity contribution < 1.29 is 161 Å². The number of nitrogens with one attached hydrogen (secondary N) is 15. The Morgan fingerprint density at radius 2 is 0.292 bits per heavy atom. The largest absolute Gasteiger partial charge is 0.480 e. The molecule has 0 rings (SSSR count). The highest BCUT2D eigenvalue weighted by atomic mass is 32.2. The van der Waals surface area contributed by atoms with Gasteiger partial charge in [0, 0.05) is 230 Å². The maximum Gasteiger partial charge on any atom is 0.327 e. The molecule has 16 atom stereocenters. The monoisotopic (exact) mass is 2110 g/mol. The third-order valence-corrected chi connectivity index (χ3v) is 22.2. The van der Waals surface area contributed by atoms with E-state index in [9.17, 15) is 195 Å². The normalized spacial score (nSPS) is 14.2. The summed E-state index contributed by atoms with van der Waals surface area (Å²) in [4.78, 5) is 394. The van der Waals surface area contributed by atoms with Gasteiger partial charge in [0.25, 0.3) is 0 Å². The SMILES string of the molecule is N[C@@H](CCC(=O)N[C@@H](CSN=O)C(=O)N[C@@H](CCC(=O)N[C@@H](CSN=O)C(=O)N[C@@H](CCC(=O)N[C@@H](CSN=O)C(=O)N[C@@H](CCC(=O)N[C@@H](CSN=O)C(=O)N[C@@H](CCC(=O)N[C@@H](CSN=O)C(=O)N[C@@H](CCC(=O)N[C@@H](CSN=O)C(=O)N[C@@H](CCC(=O)N[C@@H](CSN=O)C(=O)N[C@@H](CCC(=O)N[C@@H](CSN=O)C(=O)O)C(=O)O)C(=O)O)C(=O)O)C(=O)O)C(=O)O)C(=O)O)C(=O)O)C(=O)O. The Kier molecular flexibility index (Phi) is 62.9. The van der Waals surface area contributed by atoms with Crippen LogP contribution < -0.4 is 85.5 Å². The number of aliphatic carboxylic acids is 9. The molecular formula is C64H90N24O41S8. The Morgan fingerprint density at radius 3 is 0.409 bits per heavy atom. The molecule has 0 saturated carbocycles. The van der Waals surface area contributed by atoms with Gasteiger partial charge in [0.05, 0.1) is 0 Å². The number of nitrogens with zero attached hydrogens (tertiary/aromatic N) is 8. The van der Waals surface area contributed by atoms with Gasteiger partial charge in [-0.15, -0.1) is 39.3 Å². The molecule has 760 valence electrons. The van der Waals surface area contributed by atoms with E-state index in [1.165, 1.54) is 0 Å². The van der Waals surface area contributed by atoms with Crippen molar-refractivity contribution in [3.8, 4) is 0 Å². The second-order valence-electron chi connectivity index (χ2n) is 27.3. The van der Waals surface area contributed by atoms with E-state index in [1.54, 1.807) is 0 Å². The number of carboxylic acid groups (broad SMARTS) is 9. The van der Waals surface area contributed by atoms with Gasteiger partial charge in [0.15, 0.2) is 0 Å². The van der Waals surface area contributed by atoms with Crippen LogP contribution in [0.15, 0.2) is 36.7 Å². The summed E-state index contributed by atoms with van der Waals surface area (Å²) in [5.41, 5.74) is 5.37. The summed E-state index contributed by atoms with van der Waals surface area (Å²) in [5.74, 6) is -40.0. The third-order valence-electron chi connectivity index (χ3n) is 17.5. The lowest BCUT2D eigenvalue weighted by atomic mass is 10.1. The molecule has 0 aromatic carbocycles. The van der Waals surface area contributed by atoms with Crippen molar-refractivity contribution in [2.75, 3.05) is 46.0 Å². The van der Waals surface area contributed by atoms with Crippen molar-refractivity contribution in [1.29, 1.82) is 0 Å². The van der Waals surface area contributed by atoms with Crippen LogP contribution in [0.25, 0.3) is 0 Å². The Hall–Kier alpha value is -13.2. The summed E-state index contributed by atoms with van der Waals surface area (Å²) in [6.45, 7) is 0. The van der Waals surface area contributed by atoms with E-state index in [-0.39, 0.29) is 95.6 Å². The molecule has 0 unspecified atom stereocenters. The molecule has 65 nitrogen and oxygen atoms in total. The van der Waals surface area contributed by atoms with E-state index in [1.807, 2.05) is 42.5 Å². The average Bonchev–Trinajstić information content (AvgIpc) is 0.934. The van der Waals surface area contributed by atoms with Crippen LogP contribution in [-0.4, -0.2) is 331 Å². The molecule has 15 amide bonds. The maximum absolute atomic E-state index is 13.6. The third kappa shape index (κ3) is 53.7. The summed E-state index contributed by atoms with van der Waals surface area (Å²) < 4.78 is 19.8. The summed E-state index contributed by atoms with van der Waals surface area (Å²) in [6.07, 6.45) is -12.9. The zero-order chi connectivity index (χ0) is 104. The second-order valence-corrected chi connectivity index (χ2v) is 33.2. The van der Waals surface area contributed by atoms with E-state index >= 15 is 0 Å². The highest BCUT2D eigenvalue weighted by Gasteiger charge is 2.38. The minimum absolute atomic E-state index is 0.0785. The van der Waals surface area contributed by atoms with Gasteiger partial charge in [-0.05, 0) is 51.4 Å². The molecule has 0 fully saturated rings. The molecule has 0 spiro atoms. The van der Waals surface area contributed by atoms with Crippen LogP contribution in [0.5, 0.6) is 0 Å². The number of nitroso groups, excluding NO2 is 8. The number of carbonyl (C=O) groups is 24. The summed E-state index contributed by atoms with van der Waals surface area (Å²) in [5, 5.41) is 118. The molecule has 0 bridgehead atoms. The predicted molar refractivity (Wildman–Crippen MR) is 476 cm³/mol. The molecule has 26 N–H and O–H groups in total. The molecule has 0 radical (unpaired) electrons. The first-order chi connectivity index (χ1) is 64.7. The van der Waals surface area contributed by atoms with Crippen molar-refractivity contribution in [3.05, 3.63) is 39.3 Å². The summed E-state index contributed by atoms with van der Waals surface area (Å²) in [7, 11) is 0. The second kappa shape index (κ2) is 69.6. The van der Waals surface area contributed by atoms with Gasteiger partial charge < -0.3 is 131 Å². The van der Waals surface area contributed by atoms with Crippen molar-refractivity contribution in [3.63, 3.8) is 0 Å². The molecule has 0 aliphatic rings. The number of hydrogen-bond donors (Lipinski definition) is 25. The molecule has 0 aromatic rings. The number of hydrogen-bond acceptors (Lipinski definition) is 49. The number of nitrogens with two attached hydrogens (primary N) is 1. The Morgan fingerprint density at radius 1 is 0.175 bits per heavy atom. The van der Waals surface area contributed by atoms with E-state index in [0.29, 0.717) is 0 Å². The molecule has 0 saturated heterocycles. The number of amides is 15. The lowest BCUT2D eigenvalue weighted by molar-refractivity contribution is -0.143. The Labute approximate surface area is 801 Å². The van der Waals surface area contributed by atoms with Gasteiger partial charge in [0.1, 0.15) is 96.7 Å². The van der Waals surface area contributed by atoms with E-state index < -0.39 is 388 Å².